The zero-order valence-corrected chi connectivity index (χ0v) is 18.8. The van der Waals surface area contributed by atoms with Crippen LogP contribution in [0.5, 0.6) is 11.5 Å². The van der Waals surface area contributed by atoms with Gasteiger partial charge >= 0.3 is 0 Å². The van der Waals surface area contributed by atoms with Gasteiger partial charge in [0.15, 0.2) is 5.96 Å². The number of guanidine groups is 1. The first-order chi connectivity index (χ1) is 13.2. The maximum Gasteiger partial charge on any atom is 0.191 e. The minimum atomic E-state index is -0.503. The number of aliphatic imine (C=N–C) groups is 1. The van der Waals surface area contributed by atoms with E-state index in [0.717, 1.165) is 29.6 Å². The van der Waals surface area contributed by atoms with Crippen LogP contribution in [0.25, 0.3) is 0 Å². The standard InChI is InChI=1S/C21H29N3O3.HI/c1-3-22-21(23-14-13-20(25)17-7-5-4-6-8-17)24-15-16-27-19-11-9-18(26-2)10-12-19;/h4-12,20,25H,3,13-16H2,1-2H3,(H2,22,23,24);1H. The molecule has 0 bridgehead atoms. The molecule has 0 heterocycles. The summed E-state index contributed by atoms with van der Waals surface area (Å²) in [6.07, 6.45) is 0.0689. The molecule has 0 saturated heterocycles. The summed E-state index contributed by atoms with van der Waals surface area (Å²) in [5, 5.41) is 16.6. The number of ether oxygens (including phenoxy) is 2. The Morgan fingerprint density at radius 1 is 1.04 bits per heavy atom. The number of aliphatic hydroxyl groups is 1. The van der Waals surface area contributed by atoms with Crippen LogP contribution in [0.2, 0.25) is 0 Å². The molecule has 3 N–H and O–H groups in total. The number of halogens is 1. The highest BCUT2D eigenvalue weighted by atomic mass is 127. The SMILES string of the molecule is CCNC(=NCCC(O)c1ccccc1)NCCOc1ccc(OC)cc1.I. The van der Waals surface area contributed by atoms with Gasteiger partial charge in [-0.1, -0.05) is 30.3 Å². The molecular formula is C21H30IN3O3. The second-order valence-corrected chi connectivity index (χ2v) is 5.93. The Labute approximate surface area is 184 Å². The van der Waals surface area contributed by atoms with Crippen LogP contribution in [0.4, 0.5) is 0 Å². The van der Waals surface area contributed by atoms with Gasteiger partial charge in [0.25, 0.3) is 0 Å². The van der Waals surface area contributed by atoms with Crippen molar-refractivity contribution in [3.8, 4) is 11.5 Å². The van der Waals surface area contributed by atoms with E-state index in [1.54, 1.807) is 7.11 Å². The fourth-order valence-corrected chi connectivity index (χ4v) is 2.49. The number of aliphatic hydroxyl groups excluding tert-OH is 1. The Hall–Kier alpha value is -2.00. The van der Waals surface area contributed by atoms with E-state index in [0.29, 0.717) is 26.1 Å². The van der Waals surface area contributed by atoms with Crippen LogP contribution in [0.3, 0.4) is 0 Å². The fraction of sp³-hybridized carbons (Fsp3) is 0.381. The predicted molar refractivity (Wildman–Crippen MR) is 124 cm³/mol. The molecule has 0 aromatic heterocycles. The largest absolute Gasteiger partial charge is 0.497 e. The number of nitrogens with one attached hydrogen (secondary N) is 2. The van der Waals surface area contributed by atoms with Gasteiger partial charge < -0.3 is 25.2 Å². The van der Waals surface area contributed by atoms with Gasteiger partial charge in [0.05, 0.1) is 19.8 Å². The first kappa shape index (κ1) is 24.0. The topological polar surface area (TPSA) is 75.1 Å². The second-order valence-electron chi connectivity index (χ2n) is 5.93. The molecule has 0 fully saturated rings. The van der Waals surface area contributed by atoms with E-state index in [-0.39, 0.29) is 24.0 Å². The van der Waals surface area contributed by atoms with E-state index in [1.165, 1.54) is 0 Å². The minimum absolute atomic E-state index is 0. The smallest absolute Gasteiger partial charge is 0.191 e. The molecule has 1 atom stereocenters. The monoisotopic (exact) mass is 499 g/mol. The summed E-state index contributed by atoms with van der Waals surface area (Å²) in [6.45, 7) is 4.46. The Morgan fingerprint density at radius 2 is 1.71 bits per heavy atom. The summed E-state index contributed by atoms with van der Waals surface area (Å²) < 4.78 is 10.8. The lowest BCUT2D eigenvalue weighted by Crippen LogP contribution is -2.39. The van der Waals surface area contributed by atoms with Gasteiger partial charge in [-0.2, -0.15) is 0 Å². The summed E-state index contributed by atoms with van der Waals surface area (Å²) in [5.74, 6) is 2.32. The predicted octanol–water partition coefficient (Wildman–Crippen LogP) is 3.37. The molecular weight excluding hydrogens is 469 g/mol. The highest BCUT2D eigenvalue weighted by Crippen LogP contribution is 2.17. The van der Waals surface area contributed by atoms with Crippen molar-refractivity contribution in [1.82, 2.24) is 10.6 Å². The molecule has 0 aliphatic rings. The number of benzene rings is 2. The van der Waals surface area contributed by atoms with Gasteiger partial charge in [0.1, 0.15) is 18.1 Å². The number of methoxy groups -OCH3 is 1. The quantitative estimate of drug-likeness (QED) is 0.202. The van der Waals surface area contributed by atoms with Gasteiger partial charge in [-0.15, -0.1) is 24.0 Å². The van der Waals surface area contributed by atoms with Crippen LogP contribution < -0.4 is 20.1 Å². The number of rotatable bonds is 10. The van der Waals surface area contributed by atoms with Crippen molar-refractivity contribution < 1.29 is 14.6 Å². The minimum Gasteiger partial charge on any atom is -0.497 e. The molecule has 1 unspecified atom stereocenters. The molecule has 7 heteroatoms. The summed E-state index contributed by atoms with van der Waals surface area (Å²) >= 11 is 0. The third-order valence-corrected chi connectivity index (χ3v) is 3.92. The second kappa shape index (κ2) is 14.1. The number of nitrogens with zero attached hydrogens (tertiary/aromatic N) is 1. The average molecular weight is 499 g/mol. The van der Waals surface area contributed by atoms with E-state index in [2.05, 4.69) is 15.6 Å². The molecule has 0 spiro atoms. The molecule has 28 heavy (non-hydrogen) atoms. The Morgan fingerprint density at radius 3 is 2.36 bits per heavy atom. The van der Waals surface area contributed by atoms with Crippen molar-refractivity contribution in [3.63, 3.8) is 0 Å². The molecule has 2 rings (SSSR count). The normalized spacial score (nSPS) is 11.9. The lowest BCUT2D eigenvalue weighted by atomic mass is 10.1. The Kier molecular flexibility index (Phi) is 12.1. The van der Waals surface area contributed by atoms with Crippen molar-refractivity contribution in [2.75, 3.05) is 33.4 Å². The van der Waals surface area contributed by atoms with Crippen molar-refractivity contribution in [3.05, 3.63) is 60.2 Å². The van der Waals surface area contributed by atoms with Crippen LogP contribution in [-0.2, 0) is 0 Å². The first-order valence-electron chi connectivity index (χ1n) is 9.25. The molecule has 0 amide bonds. The third-order valence-electron chi connectivity index (χ3n) is 3.92. The van der Waals surface area contributed by atoms with E-state index in [4.69, 9.17) is 9.47 Å². The van der Waals surface area contributed by atoms with Crippen molar-refractivity contribution in [1.29, 1.82) is 0 Å². The molecule has 0 aliphatic carbocycles. The lowest BCUT2D eigenvalue weighted by Gasteiger charge is -2.13. The maximum absolute atomic E-state index is 10.2. The molecule has 2 aromatic carbocycles. The summed E-state index contributed by atoms with van der Waals surface area (Å²) in [7, 11) is 1.64. The maximum atomic E-state index is 10.2. The van der Waals surface area contributed by atoms with Crippen LogP contribution in [0.15, 0.2) is 59.6 Å². The van der Waals surface area contributed by atoms with Gasteiger partial charge in [0.2, 0.25) is 0 Å². The Bertz CT molecular complexity index is 681. The van der Waals surface area contributed by atoms with E-state index >= 15 is 0 Å². The van der Waals surface area contributed by atoms with E-state index in [1.807, 2.05) is 61.5 Å². The van der Waals surface area contributed by atoms with E-state index < -0.39 is 6.10 Å². The first-order valence-corrected chi connectivity index (χ1v) is 9.25. The molecule has 154 valence electrons. The van der Waals surface area contributed by atoms with Gasteiger partial charge in [-0.25, -0.2) is 0 Å². The fourth-order valence-electron chi connectivity index (χ4n) is 2.49. The van der Waals surface area contributed by atoms with Crippen molar-refractivity contribution in [2.45, 2.75) is 19.4 Å². The van der Waals surface area contributed by atoms with Crippen LogP contribution in [0, 0.1) is 0 Å². The molecule has 0 radical (unpaired) electrons. The number of hydrogen-bond donors (Lipinski definition) is 3. The highest BCUT2D eigenvalue weighted by molar-refractivity contribution is 14.0. The van der Waals surface area contributed by atoms with Gasteiger partial charge in [-0.3, -0.25) is 4.99 Å². The highest BCUT2D eigenvalue weighted by Gasteiger charge is 2.06. The van der Waals surface area contributed by atoms with Crippen LogP contribution in [-0.4, -0.2) is 44.4 Å². The zero-order valence-electron chi connectivity index (χ0n) is 16.4. The summed E-state index contributed by atoms with van der Waals surface area (Å²) in [6, 6.07) is 17.1. The van der Waals surface area contributed by atoms with Crippen molar-refractivity contribution >= 4 is 29.9 Å². The number of hydrogen-bond acceptors (Lipinski definition) is 4. The van der Waals surface area contributed by atoms with Crippen LogP contribution >= 0.6 is 24.0 Å². The van der Waals surface area contributed by atoms with Crippen LogP contribution in [0.1, 0.15) is 25.0 Å². The van der Waals surface area contributed by atoms with Gasteiger partial charge in [0, 0.05) is 13.1 Å². The molecule has 0 aliphatic heterocycles. The summed E-state index contributed by atoms with van der Waals surface area (Å²) in [5.41, 5.74) is 0.915. The van der Waals surface area contributed by atoms with Gasteiger partial charge in [-0.05, 0) is 43.2 Å². The molecule has 6 nitrogen and oxygen atoms in total. The van der Waals surface area contributed by atoms with Crippen molar-refractivity contribution in [2.24, 2.45) is 4.99 Å². The zero-order chi connectivity index (χ0) is 19.3. The van der Waals surface area contributed by atoms with E-state index in [9.17, 15) is 5.11 Å². The molecule has 2 aromatic rings. The molecule has 0 saturated carbocycles. The summed E-state index contributed by atoms with van der Waals surface area (Å²) in [4.78, 5) is 4.51. The third kappa shape index (κ3) is 8.79. The lowest BCUT2D eigenvalue weighted by molar-refractivity contribution is 0.170. The average Bonchev–Trinajstić information content (AvgIpc) is 2.72. The Balaban J connectivity index is 0.00000392.